The van der Waals surface area contributed by atoms with Crippen LogP contribution in [0.3, 0.4) is 0 Å². The van der Waals surface area contributed by atoms with E-state index in [9.17, 15) is 0 Å². The first-order chi connectivity index (χ1) is 7.18. The third-order valence-corrected chi connectivity index (χ3v) is 3.22. The predicted octanol–water partition coefficient (Wildman–Crippen LogP) is 2.83. The molecule has 0 saturated carbocycles. The van der Waals surface area contributed by atoms with Crippen LogP contribution < -0.4 is 10.2 Å². The molecular weight excluding hydrogens is 208 g/mol. The summed E-state index contributed by atoms with van der Waals surface area (Å²) in [7, 11) is 4.02. The molecule has 0 aromatic heterocycles. The van der Waals surface area contributed by atoms with Crippen LogP contribution in [-0.4, -0.2) is 20.6 Å². The minimum Gasteiger partial charge on any atom is -0.376 e. The predicted molar refractivity (Wildman–Crippen MR) is 65.8 cm³/mol. The van der Waals surface area contributed by atoms with Gasteiger partial charge in [0.15, 0.2) is 0 Å². The van der Waals surface area contributed by atoms with Crippen LogP contribution in [0.15, 0.2) is 18.2 Å². The van der Waals surface area contributed by atoms with Gasteiger partial charge in [-0.25, -0.2) is 0 Å². The van der Waals surface area contributed by atoms with Crippen LogP contribution in [0.5, 0.6) is 0 Å². The molecule has 0 unspecified atom stereocenters. The number of hydrogen-bond donors (Lipinski definition) is 1. The molecule has 0 radical (unpaired) electrons. The van der Waals surface area contributed by atoms with Gasteiger partial charge in [0.05, 0.1) is 10.7 Å². The molecule has 1 saturated heterocycles. The largest absolute Gasteiger partial charge is 0.376 e. The average molecular weight is 225 g/mol. The Morgan fingerprint density at radius 2 is 2.20 bits per heavy atom. The van der Waals surface area contributed by atoms with E-state index in [1.165, 1.54) is 18.4 Å². The van der Waals surface area contributed by atoms with Gasteiger partial charge in [0.1, 0.15) is 0 Å². The monoisotopic (exact) mass is 224 g/mol. The molecule has 0 spiro atoms. The Hall–Kier alpha value is -0.730. The van der Waals surface area contributed by atoms with Gasteiger partial charge >= 0.3 is 0 Å². The molecule has 1 heterocycles. The molecule has 1 N–H and O–H groups in total. The Bertz CT molecular complexity index is 343. The van der Waals surface area contributed by atoms with E-state index in [0.29, 0.717) is 6.04 Å². The Balaban J connectivity index is 2.24. The van der Waals surface area contributed by atoms with Crippen LogP contribution in [0.25, 0.3) is 0 Å². The lowest BCUT2D eigenvalue weighted by molar-refractivity contribution is 0.648. The molecule has 1 aliphatic rings. The summed E-state index contributed by atoms with van der Waals surface area (Å²) in [6.07, 6.45) is 2.48. The van der Waals surface area contributed by atoms with E-state index in [1.54, 1.807) is 0 Å². The summed E-state index contributed by atoms with van der Waals surface area (Å²) < 4.78 is 0. The zero-order valence-corrected chi connectivity index (χ0v) is 10.0. The molecule has 0 amide bonds. The normalized spacial score (nSPS) is 20.6. The molecule has 2 nitrogen and oxygen atoms in total. The highest BCUT2D eigenvalue weighted by molar-refractivity contribution is 6.33. The van der Waals surface area contributed by atoms with Crippen LogP contribution in [0.1, 0.15) is 24.4 Å². The number of rotatable bonds is 2. The first-order valence-electron chi connectivity index (χ1n) is 5.38. The van der Waals surface area contributed by atoms with E-state index in [-0.39, 0.29) is 0 Å². The van der Waals surface area contributed by atoms with Crippen LogP contribution in [0.2, 0.25) is 5.02 Å². The summed E-state index contributed by atoms with van der Waals surface area (Å²) in [5.41, 5.74) is 2.39. The van der Waals surface area contributed by atoms with E-state index >= 15 is 0 Å². The second-order valence-electron chi connectivity index (χ2n) is 4.25. The van der Waals surface area contributed by atoms with Gasteiger partial charge in [0.2, 0.25) is 0 Å². The molecule has 15 heavy (non-hydrogen) atoms. The third-order valence-electron chi connectivity index (χ3n) is 2.92. The maximum Gasteiger partial charge on any atom is 0.0642 e. The first-order valence-corrected chi connectivity index (χ1v) is 5.76. The molecular formula is C12H17ClN2. The first kappa shape index (κ1) is 10.8. The van der Waals surface area contributed by atoms with Gasteiger partial charge in [0.25, 0.3) is 0 Å². The lowest BCUT2D eigenvalue weighted by Gasteiger charge is -2.17. The lowest BCUT2D eigenvalue weighted by Crippen LogP contribution is -2.14. The molecule has 1 fully saturated rings. The summed E-state index contributed by atoms with van der Waals surface area (Å²) in [4.78, 5) is 2.04. The summed E-state index contributed by atoms with van der Waals surface area (Å²) in [6.45, 7) is 1.12. The van der Waals surface area contributed by atoms with Crippen LogP contribution in [0, 0.1) is 0 Å². The van der Waals surface area contributed by atoms with Crippen molar-refractivity contribution in [1.82, 2.24) is 5.32 Å². The number of nitrogens with one attached hydrogen (secondary N) is 1. The van der Waals surface area contributed by atoms with E-state index in [2.05, 4.69) is 23.5 Å². The number of halogens is 1. The van der Waals surface area contributed by atoms with Gasteiger partial charge in [-0.2, -0.15) is 0 Å². The lowest BCUT2D eigenvalue weighted by atomic mass is 10.0. The molecule has 0 bridgehead atoms. The minimum atomic E-state index is 0.499. The van der Waals surface area contributed by atoms with Crippen LogP contribution >= 0.6 is 11.6 Å². The summed E-state index contributed by atoms with van der Waals surface area (Å²) in [5, 5.41) is 4.32. The third kappa shape index (κ3) is 2.27. The van der Waals surface area contributed by atoms with Crippen molar-refractivity contribution < 1.29 is 0 Å². The van der Waals surface area contributed by atoms with Crippen molar-refractivity contribution in [1.29, 1.82) is 0 Å². The highest BCUT2D eigenvalue weighted by Gasteiger charge is 2.17. The topological polar surface area (TPSA) is 15.3 Å². The standard InChI is InChI=1S/C12H17ClN2/c1-15(2)12-6-5-9(8-10(12)13)11-4-3-7-14-11/h5-6,8,11,14H,3-4,7H2,1-2H3/t11-/m0/s1. The van der Waals surface area contributed by atoms with E-state index in [0.717, 1.165) is 17.3 Å². The number of benzene rings is 1. The second kappa shape index (κ2) is 4.42. The van der Waals surface area contributed by atoms with E-state index in [1.807, 2.05) is 19.0 Å². The maximum atomic E-state index is 6.23. The Labute approximate surface area is 96.2 Å². The molecule has 1 aliphatic heterocycles. The van der Waals surface area contributed by atoms with Gasteiger partial charge in [0, 0.05) is 20.1 Å². The quantitative estimate of drug-likeness (QED) is 0.831. The Morgan fingerprint density at radius 1 is 1.40 bits per heavy atom. The molecule has 82 valence electrons. The molecule has 1 atom stereocenters. The van der Waals surface area contributed by atoms with Gasteiger partial charge < -0.3 is 10.2 Å². The highest BCUT2D eigenvalue weighted by Crippen LogP contribution is 2.30. The van der Waals surface area contributed by atoms with E-state index in [4.69, 9.17) is 11.6 Å². The van der Waals surface area contributed by atoms with Crippen LogP contribution in [0.4, 0.5) is 5.69 Å². The molecule has 0 aliphatic carbocycles. The van der Waals surface area contributed by atoms with Crippen molar-refractivity contribution in [3.8, 4) is 0 Å². The Kier molecular flexibility index (Phi) is 3.17. The van der Waals surface area contributed by atoms with Gasteiger partial charge in [-0.3, -0.25) is 0 Å². The van der Waals surface area contributed by atoms with Gasteiger partial charge in [-0.15, -0.1) is 0 Å². The summed E-state index contributed by atoms with van der Waals surface area (Å²) in [6, 6.07) is 6.85. The zero-order chi connectivity index (χ0) is 10.8. The summed E-state index contributed by atoms with van der Waals surface area (Å²) >= 11 is 6.23. The number of hydrogen-bond acceptors (Lipinski definition) is 2. The van der Waals surface area contributed by atoms with Gasteiger partial charge in [-0.1, -0.05) is 17.7 Å². The molecule has 3 heteroatoms. The number of anilines is 1. The van der Waals surface area contributed by atoms with Crippen molar-refractivity contribution in [2.24, 2.45) is 0 Å². The van der Waals surface area contributed by atoms with Crippen molar-refractivity contribution in [2.45, 2.75) is 18.9 Å². The molecule has 2 rings (SSSR count). The highest BCUT2D eigenvalue weighted by atomic mass is 35.5. The van der Waals surface area contributed by atoms with E-state index < -0.39 is 0 Å². The van der Waals surface area contributed by atoms with Crippen molar-refractivity contribution in [3.05, 3.63) is 28.8 Å². The number of nitrogens with zero attached hydrogens (tertiary/aromatic N) is 1. The fourth-order valence-electron chi connectivity index (χ4n) is 2.07. The molecule has 1 aromatic rings. The SMILES string of the molecule is CN(C)c1ccc([C@@H]2CCCN2)cc1Cl. The van der Waals surface area contributed by atoms with Crippen molar-refractivity contribution >= 4 is 17.3 Å². The minimum absolute atomic E-state index is 0.499. The smallest absolute Gasteiger partial charge is 0.0642 e. The fraction of sp³-hybridized carbons (Fsp3) is 0.500. The summed E-state index contributed by atoms with van der Waals surface area (Å²) in [5.74, 6) is 0. The van der Waals surface area contributed by atoms with Crippen molar-refractivity contribution in [3.63, 3.8) is 0 Å². The second-order valence-corrected chi connectivity index (χ2v) is 4.66. The molecule has 1 aromatic carbocycles. The van der Waals surface area contributed by atoms with Crippen molar-refractivity contribution in [2.75, 3.05) is 25.5 Å². The Morgan fingerprint density at radius 3 is 2.73 bits per heavy atom. The van der Waals surface area contributed by atoms with Crippen LogP contribution in [-0.2, 0) is 0 Å². The van der Waals surface area contributed by atoms with Gasteiger partial charge in [-0.05, 0) is 37.1 Å². The fourth-order valence-corrected chi connectivity index (χ4v) is 2.43. The maximum absolute atomic E-state index is 6.23. The average Bonchev–Trinajstić information content (AvgIpc) is 2.69. The zero-order valence-electron chi connectivity index (χ0n) is 9.26.